The van der Waals surface area contributed by atoms with Crippen molar-refractivity contribution in [2.45, 2.75) is 13.0 Å². The van der Waals surface area contributed by atoms with Crippen molar-refractivity contribution in [1.82, 2.24) is 4.98 Å². The molecule has 1 radical (unpaired) electrons. The van der Waals surface area contributed by atoms with Crippen molar-refractivity contribution in [2.24, 2.45) is 0 Å². The minimum Gasteiger partial charge on any atom is -0.375 e. The maximum Gasteiger partial charge on any atom is 0.185 e. The van der Waals surface area contributed by atoms with Gasteiger partial charge in [-0.3, -0.25) is 0 Å². The van der Waals surface area contributed by atoms with Gasteiger partial charge in [0.25, 0.3) is 0 Å². The number of benzene rings is 3. The van der Waals surface area contributed by atoms with Gasteiger partial charge in [-0.05, 0) is 35.7 Å². The van der Waals surface area contributed by atoms with Gasteiger partial charge in [-0.1, -0.05) is 78.3 Å². The van der Waals surface area contributed by atoms with Gasteiger partial charge in [0.2, 0.25) is 0 Å². The average molecular weight is 448 g/mol. The molecule has 31 heavy (non-hydrogen) atoms. The molecular weight excluding hydrogens is 424 g/mol. The van der Waals surface area contributed by atoms with E-state index in [0.29, 0.717) is 13.2 Å². The van der Waals surface area contributed by atoms with Crippen LogP contribution in [0.15, 0.2) is 84.2 Å². The molecule has 0 saturated carbocycles. The largest absolute Gasteiger partial charge is 0.375 e. The standard InChI is InChI=1S/C26H24ClN2OS/c27-24-13-11-23(12-14-24)25-20-31-26(28-25)29(16-15-21-7-3-1-4-8-21)17-18-30-19-22-9-5-2-6-10-22/h1-7,9-14,20H,15-19H2. The summed E-state index contributed by atoms with van der Waals surface area (Å²) in [5.41, 5.74) is 4.43. The van der Waals surface area contributed by atoms with Crippen LogP contribution in [0, 0.1) is 6.07 Å². The van der Waals surface area contributed by atoms with Gasteiger partial charge in [0.1, 0.15) is 0 Å². The minimum atomic E-state index is 0.620. The van der Waals surface area contributed by atoms with E-state index in [9.17, 15) is 0 Å². The first-order chi connectivity index (χ1) is 15.3. The molecular formula is C26H24ClN2OS. The summed E-state index contributed by atoms with van der Waals surface area (Å²) in [6.07, 6.45) is 0.912. The van der Waals surface area contributed by atoms with E-state index in [-0.39, 0.29) is 0 Å². The highest BCUT2D eigenvalue weighted by Gasteiger charge is 2.13. The molecule has 0 spiro atoms. The van der Waals surface area contributed by atoms with Crippen LogP contribution < -0.4 is 4.90 Å². The van der Waals surface area contributed by atoms with Crippen LogP contribution in [0.25, 0.3) is 11.3 Å². The Morgan fingerprint density at radius 1 is 0.935 bits per heavy atom. The van der Waals surface area contributed by atoms with E-state index < -0.39 is 0 Å². The summed E-state index contributed by atoms with van der Waals surface area (Å²) in [6, 6.07) is 29.5. The van der Waals surface area contributed by atoms with Crippen molar-refractivity contribution in [2.75, 3.05) is 24.6 Å². The lowest BCUT2D eigenvalue weighted by Gasteiger charge is -2.22. The number of anilines is 1. The molecule has 3 nitrogen and oxygen atoms in total. The van der Waals surface area contributed by atoms with Gasteiger partial charge >= 0.3 is 0 Å². The highest BCUT2D eigenvalue weighted by molar-refractivity contribution is 7.14. The predicted molar refractivity (Wildman–Crippen MR) is 130 cm³/mol. The molecule has 0 bridgehead atoms. The number of halogens is 1. The summed E-state index contributed by atoms with van der Waals surface area (Å²) < 4.78 is 5.94. The van der Waals surface area contributed by atoms with E-state index in [1.807, 2.05) is 54.6 Å². The Labute approximate surface area is 192 Å². The molecule has 0 aliphatic rings. The summed E-state index contributed by atoms with van der Waals surface area (Å²) in [6.45, 7) is 2.91. The van der Waals surface area contributed by atoms with Crippen molar-refractivity contribution < 1.29 is 4.74 Å². The summed E-state index contributed by atoms with van der Waals surface area (Å²) >= 11 is 7.69. The second kappa shape index (κ2) is 11.1. The second-order valence-electron chi connectivity index (χ2n) is 7.19. The second-order valence-corrected chi connectivity index (χ2v) is 8.46. The minimum absolute atomic E-state index is 0.620. The maximum absolute atomic E-state index is 6.03. The normalized spacial score (nSPS) is 10.9. The first kappa shape index (κ1) is 21.6. The number of rotatable bonds is 10. The maximum atomic E-state index is 6.03. The lowest BCUT2D eigenvalue weighted by Crippen LogP contribution is -2.29. The molecule has 0 aliphatic carbocycles. The zero-order chi connectivity index (χ0) is 21.3. The molecule has 0 saturated heterocycles. The average Bonchev–Trinajstić information content (AvgIpc) is 3.30. The van der Waals surface area contributed by atoms with E-state index in [4.69, 9.17) is 21.3 Å². The monoisotopic (exact) mass is 447 g/mol. The smallest absolute Gasteiger partial charge is 0.185 e. The van der Waals surface area contributed by atoms with Gasteiger partial charge in [-0.15, -0.1) is 11.3 Å². The Morgan fingerprint density at radius 2 is 1.74 bits per heavy atom. The van der Waals surface area contributed by atoms with Crippen LogP contribution in [0.1, 0.15) is 11.1 Å². The molecule has 0 amide bonds. The number of thiazole rings is 1. The van der Waals surface area contributed by atoms with Crippen LogP contribution in [0.2, 0.25) is 5.02 Å². The fourth-order valence-electron chi connectivity index (χ4n) is 3.25. The van der Waals surface area contributed by atoms with Crippen molar-refractivity contribution in [3.63, 3.8) is 0 Å². The molecule has 5 heteroatoms. The fourth-order valence-corrected chi connectivity index (χ4v) is 4.26. The summed E-state index contributed by atoms with van der Waals surface area (Å²) in [5, 5.41) is 3.84. The van der Waals surface area contributed by atoms with Crippen LogP contribution in [-0.2, 0) is 17.8 Å². The molecule has 0 N–H and O–H groups in total. The number of hydrogen-bond donors (Lipinski definition) is 0. The number of nitrogens with zero attached hydrogens (tertiary/aromatic N) is 2. The molecule has 0 fully saturated rings. The number of hydrogen-bond acceptors (Lipinski definition) is 4. The molecule has 4 aromatic rings. The summed E-state index contributed by atoms with van der Waals surface area (Å²) in [5.74, 6) is 0. The van der Waals surface area contributed by atoms with Crippen LogP contribution in [0.5, 0.6) is 0 Å². The molecule has 0 aliphatic heterocycles. The van der Waals surface area contributed by atoms with E-state index in [2.05, 4.69) is 40.6 Å². The Bertz CT molecular complexity index is 1050. The number of aromatic nitrogens is 1. The van der Waals surface area contributed by atoms with Gasteiger partial charge in [0, 0.05) is 29.1 Å². The molecule has 1 aromatic heterocycles. The first-order valence-electron chi connectivity index (χ1n) is 10.3. The summed E-state index contributed by atoms with van der Waals surface area (Å²) in [7, 11) is 0. The quantitative estimate of drug-likeness (QED) is 0.258. The van der Waals surface area contributed by atoms with E-state index in [1.165, 1.54) is 11.1 Å². The van der Waals surface area contributed by atoms with Gasteiger partial charge in [-0.2, -0.15) is 0 Å². The van der Waals surface area contributed by atoms with Crippen molar-refractivity contribution in [1.29, 1.82) is 0 Å². The SMILES string of the molecule is Clc1ccc(-c2csc(N(CCOCc3ccccc3)CCc3[c]cccc3)n2)cc1. The molecule has 0 atom stereocenters. The third-order valence-electron chi connectivity index (χ3n) is 4.94. The van der Waals surface area contributed by atoms with Crippen LogP contribution in [0.3, 0.4) is 0 Å². The van der Waals surface area contributed by atoms with Crippen LogP contribution in [-0.4, -0.2) is 24.7 Å². The van der Waals surface area contributed by atoms with Gasteiger partial charge in [0.05, 0.1) is 18.9 Å². The summed E-state index contributed by atoms with van der Waals surface area (Å²) in [4.78, 5) is 7.20. The van der Waals surface area contributed by atoms with E-state index in [0.717, 1.165) is 40.9 Å². The molecule has 1 heterocycles. The van der Waals surface area contributed by atoms with Gasteiger partial charge in [0.15, 0.2) is 5.13 Å². The first-order valence-corrected chi connectivity index (χ1v) is 11.6. The zero-order valence-electron chi connectivity index (χ0n) is 17.2. The zero-order valence-corrected chi connectivity index (χ0v) is 18.8. The Balaban J connectivity index is 1.42. The highest BCUT2D eigenvalue weighted by Crippen LogP contribution is 2.28. The molecule has 4 rings (SSSR count). The predicted octanol–water partition coefficient (Wildman–Crippen LogP) is 6.53. The molecule has 157 valence electrons. The van der Waals surface area contributed by atoms with Crippen molar-refractivity contribution >= 4 is 28.1 Å². The number of ether oxygens (including phenoxy) is 1. The van der Waals surface area contributed by atoms with E-state index >= 15 is 0 Å². The Hall–Kier alpha value is -2.66. The van der Waals surface area contributed by atoms with Crippen LogP contribution >= 0.6 is 22.9 Å². The third-order valence-corrected chi connectivity index (χ3v) is 6.10. The van der Waals surface area contributed by atoms with Crippen molar-refractivity contribution in [3.8, 4) is 11.3 Å². The van der Waals surface area contributed by atoms with E-state index in [1.54, 1.807) is 11.3 Å². The molecule has 0 unspecified atom stereocenters. The van der Waals surface area contributed by atoms with Crippen LogP contribution in [0.4, 0.5) is 5.13 Å². The fraction of sp³-hybridized carbons (Fsp3) is 0.192. The van der Waals surface area contributed by atoms with Gasteiger partial charge < -0.3 is 9.64 Å². The van der Waals surface area contributed by atoms with Gasteiger partial charge in [-0.25, -0.2) is 4.98 Å². The topological polar surface area (TPSA) is 25.4 Å². The Kier molecular flexibility index (Phi) is 7.72. The third kappa shape index (κ3) is 6.41. The lowest BCUT2D eigenvalue weighted by atomic mass is 10.1. The Morgan fingerprint density at radius 3 is 2.52 bits per heavy atom. The molecule has 3 aromatic carbocycles. The highest BCUT2D eigenvalue weighted by atomic mass is 35.5. The van der Waals surface area contributed by atoms with Crippen molar-refractivity contribution in [3.05, 3.63) is 106 Å². The lowest BCUT2D eigenvalue weighted by molar-refractivity contribution is 0.127.